The largest absolute Gasteiger partial charge is 0.277 e. The molecule has 0 saturated carbocycles. The molecule has 1 radical (unpaired) electrons. The van der Waals surface area contributed by atoms with Crippen LogP contribution in [0.4, 0.5) is 0 Å². The maximum absolute atomic E-state index is 3.94. The Kier molecular flexibility index (Phi) is 1.37. The van der Waals surface area contributed by atoms with Gasteiger partial charge in [-0.3, -0.25) is 9.55 Å². The average molecular weight is 145 g/mol. The molecule has 2 heterocycles. The van der Waals surface area contributed by atoms with E-state index in [-0.39, 0.29) is 0 Å². The molecule has 0 spiro atoms. The van der Waals surface area contributed by atoms with Gasteiger partial charge in [0.2, 0.25) is 6.33 Å². The molecular weight excluding hydrogens is 140 g/mol. The summed E-state index contributed by atoms with van der Waals surface area (Å²) in [6.45, 7) is 0. The van der Waals surface area contributed by atoms with Crippen molar-refractivity contribution in [3.05, 3.63) is 37.2 Å². The van der Waals surface area contributed by atoms with Gasteiger partial charge in [-0.05, 0) is 12.1 Å². The van der Waals surface area contributed by atoms with E-state index in [0.29, 0.717) is 0 Å². The molecule has 0 bridgehead atoms. The Morgan fingerprint density at radius 2 is 2.45 bits per heavy atom. The lowest BCUT2D eigenvalue weighted by molar-refractivity contribution is 1.03. The summed E-state index contributed by atoms with van der Waals surface area (Å²) in [6.07, 6.45) is 7.69. The summed E-state index contributed by atoms with van der Waals surface area (Å²) in [7, 11) is 0. The van der Waals surface area contributed by atoms with Gasteiger partial charge in [0.25, 0.3) is 0 Å². The first-order chi connectivity index (χ1) is 5.47. The Balaban J connectivity index is 2.46. The normalized spacial score (nSPS) is 9.82. The lowest BCUT2D eigenvalue weighted by Gasteiger charge is -1.95. The number of hydrogen-bond donors (Lipinski definition) is 0. The predicted octanol–water partition coefficient (Wildman–Crippen LogP) is 0.462. The van der Waals surface area contributed by atoms with Gasteiger partial charge in [0.1, 0.15) is 6.33 Å². The second-order valence-corrected chi connectivity index (χ2v) is 2.01. The molecule has 0 aliphatic heterocycles. The predicted molar refractivity (Wildman–Crippen MR) is 38.0 cm³/mol. The molecule has 53 valence electrons. The lowest BCUT2D eigenvalue weighted by Crippen LogP contribution is -1.89. The first-order valence-corrected chi connectivity index (χ1v) is 3.15. The molecule has 2 aromatic rings. The third-order valence-electron chi connectivity index (χ3n) is 1.30. The van der Waals surface area contributed by atoms with Crippen LogP contribution in [0.25, 0.3) is 5.69 Å². The van der Waals surface area contributed by atoms with E-state index in [1.807, 2.05) is 12.1 Å². The topological polar surface area (TPSA) is 43.6 Å². The minimum absolute atomic E-state index is 0.914. The Bertz CT molecular complexity index is 313. The first kappa shape index (κ1) is 6.03. The molecule has 0 aliphatic rings. The van der Waals surface area contributed by atoms with Crippen LogP contribution in [0, 0.1) is 6.33 Å². The molecule has 11 heavy (non-hydrogen) atoms. The molecule has 0 atom stereocenters. The SMILES string of the molecule is [c]1nncn1-c1cccnc1. The van der Waals surface area contributed by atoms with Gasteiger partial charge >= 0.3 is 0 Å². The zero-order valence-corrected chi connectivity index (χ0v) is 5.68. The van der Waals surface area contributed by atoms with Crippen LogP contribution < -0.4 is 0 Å². The molecular formula is C7H5N4. The Labute approximate surface area is 63.5 Å². The third kappa shape index (κ3) is 1.10. The number of hydrogen-bond acceptors (Lipinski definition) is 3. The fourth-order valence-electron chi connectivity index (χ4n) is 0.798. The van der Waals surface area contributed by atoms with E-state index < -0.39 is 0 Å². The van der Waals surface area contributed by atoms with E-state index in [0.717, 1.165) is 5.69 Å². The second-order valence-electron chi connectivity index (χ2n) is 2.01. The molecule has 0 aromatic carbocycles. The maximum Gasteiger partial charge on any atom is 0.206 e. The van der Waals surface area contributed by atoms with Gasteiger partial charge in [-0.15, -0.1) is 10.2 Å². The fourth-order valence-corrected chi connectivity index (χ4v) is 0.798. The number of nitrogens with zero attached hydrogens (tertiary/aromatic N) is 4. The van der Waals surface area contributed by atoms with E-state index in [9.17, 15) is 0 Å². The maximum atomic E-state index is 3.94. The zero-order valence-electron chi connectivity index (χ0n) is 5.68. The van der Waals surface area contributed by atoms with Crippen LogP contribution >= 0.6 is 0 Å². The van der Waals surface area contributed by atoms with Crippen molar-refractivity contribution in [2.45, 2.75) is 0 Å². The Hall–Kier alpha value is -1.71. The van der Waals surface area contributed by atoms with Crippen molar-refractivity contribution in [2.75, 3.05) is 0 Å². The molecule has 0 fully saturated rings. The first-order valence-electron chi connectivity index (χ1n) is 3.15. The van der Waals surface area contributed by atoms with Crippen molar-refractivity contribution in [1.29, 1.82) is 0 Å². The molecule has 0 aliphatic carbocycles. The monoisotopic (exact) mass is 145 g/mol. The minimum atomic E-state index is 0.914. The van der Waals surface area contributed by atoms with Crippen LogP contribution in [-0.4, -0.2) is 19.7 Å². The van der Waals surface area contributed by atoms with E-state index in [1.165, 1.54) is 0 Å². The molecule has 0 amide bonds. The summed E-state index contributed by atoms with van der Waals surface area (Å²) in [5, 5.41) is 7.19. The van der Waals surface area contributed by atoms with Crippen molar-refractivity contribution in [2.24, 2.45) is 0 Å². The summed E-state index contributed by atoms with van der Waals surface area (Å²) < 4.78 is 1.67. The highest BCUT2D eigenvalue weighted by Gasteiger charge is 1.92. The number of rotatable bonds is 1. The third-order valence-corrected chi connectivity index (χ3v) is 1.30. The molecule has 0 N–H and O–H groups in total. The van der Waals surface area contributed by atoms with Gasteiger partial charge < -0.3 is 0 Å². The summed E-state index contributed by atoms with van der Waals surface area (Å²) >= 11 is 0. The average Bonchev–Trinajstić information content (AvgIpc) is 2.58. The van der Waals surface area contributed by atoms with Crippen molar-refractivity contribution in [3.63, 3.8) is 0 Å². The molecule has 0 saturated heterocycles. The summed E-state index contributed by atoms with van der Waals surface area (Å²) in [4.78, 5) is 3.94. The van der Waals surface area contributed by atoms with Crippen LogP contribution in [-0.2, 0) is 0 Å². The molecule has 4 nitrogen and oxygen atoms in total. The van der Waals surface area contributed by atoms with E-state index in [1.54, 1.807) is 23.3 Å². The van der Waals surface area contributed by atoms with Gasteiger partial charge in [0.05, 0.1) is 11.9 Å². The van der Waals surface area contributed by atoms with Crippen LogP contribution in [0.2, 0.25) is 0 Å². The van der Waals surface area contributed by atoms with E-state index in [4.69, 9.17) is 0 Å². The van der Waals surface area contributed by atoms with E-state index >= 15 is 0 Å². The minimum Gasteiger partial charge on any atom is -0.277 e. The molecule has 0 unspecified atom stereocenters. The zero-order chi connectivity index (χ0) is 7.52. The van der Waals surface area contributed by atoms with Gasteiger partial charge in [-0.1, -0.05) is 0 Å². The Morgan fingerprint density at radius 1 is 1.45 bits per heavy atom. The highest BCUT2D eigenvalue weighted by atomic mass is 15.2. The van der Waals surface area contributed by atoms with Crippen LogP contribution in [0.15, 0.2) is 30.9 Å². The van der Waals surface area contributed by atoms with Crippen LogP contribution in [0.5, 0.6) is 0 Å². The van der Waals surface area contributed by atoms with Gasteiger partial charge in [-0.2, -0.15) is 0 Å². The highest BCUT2D eigenvalue weighted by molar-refractivity contribution is 5.25. The molecule has 2 aromatic heterocycles. The number of pyridine rings is 1. The Morgan fingerprint density at radius 3 is 3.09 bits per heavy atom. The summed E-state index contributed by atoms with van der Waals surface area (Å²) in [5.41, 5.74) is 0.914. The van der Waals surface area contributed by atoms with Crippen LogP contribution in [0.3, 0.4) is 0 Å². The van der Waals surface area contributed by atoms with Crippen molar-refractivity contribution < 1.29 is 0 Å². The van der Waals surface area contributed by atoms with Gasteiger partial charge in [0.15, 0.2) is 0 Å². The number of aromatic nitrogens is 4. The van der Waals surface area contributed by atoms with Gasteiger partial charge in [-0.25, -0.2) is 0 Å². The lowest BCUT2D eigenvalue weighted by atomic mass is 10.4. The molecule has 2 rings (SSSR count). The fraction of sp³-hybridized carbons (Fsp3) is 0. The van der Waals surface area contributed by atoms with Crippen molar-refractivity contribution >= 4 is 0 Å². The summed E-state index contributed by atoms with van der Waals surface area (Å²) in [6, 6.07) is 3.76. The second kappa shape index (κ2) is 2.49. The van der Waals surface area contributed by atoms with Crippen LogP contribution in [0.1, 0.15) is 0 Å². The van der Waals surface area contributed by atoms with E-state index in [2.05, 4.69) is 21.5 Å². The van der Waals surface area contributed by atoms with Crippen molar-refractivity contribution in [1.82, 2.24) is 19.7 Å². The van der Waals surface area contributed by atoms with Crippen molar-refractivity contribution in [3.8, 4) is 5.69 Å². The molecule has 4 heteroatoms. The highest BCUT2D eigenvalue weighted by Crippen LogP contribution is 2.00. The standard InChI is InChI=1S/C7H5N4/c1-2-7(4-8-3-1)11-5-9-10-6-11/h1-5H. The summed E-state index contributed by atoms with van der Waals surface area (Å²) in [5.74, 6) is 0. The quantitative estimate of drug-likeness (QED) is 0.585. The smallest absolute Gasteiger partial charge is 0.206 e. The van der Waals surface area contributed by atoms with Gasteiger partial charge in [0, 0.05) is 6.20 Å².